The Bertz CT molecular complexity index is 814. The molecule has 2 aromatic carbocycles. The number of furan rings is 1. The van der Waals surface area contributed by atoms with E-state index in [2.05, 4.69) is 0 Å². The molecule has 0 aliphatic heterocycles. The van der Waals surface area contributed by atoms with Crippen molar-refractivity contribution in [3.05, 3.63) is 76.0 Å². The minimum atomic E-state index is -0.197. The van der Waals surface area contributed by atoms with E-state index in [-0.39, 0.29) is 5.78 Å². The lowest BCUT2D eigenvalue weighted by atomic mass is 10.1. The van der Waals surface area contributed by atoms with Gasteiger partial charge in [-0.2, -0.15) is 0 Å². The van der Waals surface area contributed by atoms with Crippen molar-refractivity contribution in [2.45, 2.75) is 0 Å². The van der Waals surface area contributed by atoms with Crippen molar-refractivity contribution in [2.24, 2.45) is 0 Å². The van der Waals surface area contributed by atoms with Crippen LogP contribution in [0.1, 0.15) is 16.1 Å². The van der Waals surface area contributed by atoms with Crippen LogP contribution in [-0.2, 0) is 0 Å². The molecule has 0 saturated carbocycles. The third-order valence-corrected chi connectivity index (χ3v) is 3.78. The number of rotatable bonds is 3. The maximum Gasteiger partial charge on any atom is 0.221 e. The number of carbonyl (C=O) groups is 1. The summed E-state index contributed by atoms with van der Waals surface area (Å²) >= 11 is 11.8. The average molecular weight is 317 g/mol. The molecule has 104 valence electrons. The summed E-state index contributed by atoms with van der Waals surface area (Å²) in [6.45, 7) is 0. The highest BCUT2D eigenvalue weighted by atomic mass is 35.5. The minimum absolute atomic E-state index is 0.197. The Hall–Kier alpha value is -2.03. The molecule has 2 nitrogen and oxygen atoms in total. The predicted molar refractivity (Wildman–Crippen MR) is 86.0 cm³/mol. The number of hydrogen-bond donors (Lipinski definition) is 0. The molecule has 0 amide bonds. The smallest absolute Gasteiger partial charge is 0.221 e. The Balaban J connectivity index is 1.84. The highest BCUT2D eigenvalue weighted by Crippen LogP contribution is 2.23. The fraction of sp³-hybridized carbons (Fsp3) is 0. The molecule has 3 aromatic rings. The standard InChI is InChI=1S/C17H10Cl2O2/c18-13-7-5-11(9-14(13)19)6-8-15(20)17-10-12-3-1-2-4-16(12)21-17/h1-10H. The summed E-state index contributed by atoms with van der Waals surface area (Å²) in [5.74, 6) is 0.116. The van der Waals surface area contributed by atoms with Gasteiger partial charge in [0.05, 0.1) is 10.0 Å². The second-order valence-corrected chi connectivity index (χ2v) is 5.33. The Morgan fingerprint density at radius 1 is 1.00 bits per heavy atom. The first-order chi connectivity index (χ1) is 10.1. The molecule has 0 saturated heterocycles. The van der Waals surface area contributed by atoms with E-state index in [4.69, 9.17) is 27.6 Å². The number of halogens is 2. The van der Waals surface area contributed by atoms with Crippen LogP contribution in [0, 0.1) is 0 Å². The van der Waals surface area contributed by atoms with Crippen molar-refractivity contribution in [3.63, 3.8) is 0 Å². The normalized spacial score (nSPS) is 11.3. The molecular formula is C17H10Cl2O2. The van der Waals surface area contributed by atoms with Crippen LogP contribution < -0.4 is 0 Å². The SMILES string of the molecule is O=C(C=Cc1ccc(Cl)c(Cl)c1)c1cc2ccccc2o1. The van der Waals surface area contributed by atoms with Gasteiger partial charge < -0.3 is 4.42 Å². The van der Waals surface area contributed by atoms with Gasteiger partial charge in [0.2, 0.25) is 5.78 Å². The lowest BCUT2D eigenvalue weighted by molar-refractivity contribution is 0.102. The summed E-state index contributed by atoms with van der Waals surface area (Å²) in [7, 11) is 0. The first kappa shape index (κ1) is 13.9. The van der Waals surface area contributed by atoms with E-state index in [1.165, 1.54) is 6.08 Å². The van der Waals surface area contributed by atoms with Gasteiger partial charge in [-0.1, -0.05) is 53.5 Å². The molecule has 0 unspecified atom stereocenters. The maximum atomic E-state index is 12.1. The van der Waals surface area contributed by atoms with E-state index in [1.807, 2.05) is 24.3 Å². The van der Waals surface area contributed by atoms with Crippen LogP contribution >= 0.6 is 23.2 Å². The number of carbonyl (C=O) groups excluding carboxylic acids is 1. The largest absolute Gasteiger partial charge is 0.453 e. The summed E-state index contributed by atoms with van der Waals surface area (Å²) in [5, 5.41) is 1.84. The monoisotopic (exact) mass is 316 g/mol. The van der Waals surface area contributed by atoms with Crippen molar-refractivity contribution in [1.82, 2.24) is 0 Å². The number of para-hydroxylation sites is 1. The summed E-state index contributed by atoms with van der Waals surface area (Å²) in [6, 6.07) is 14.4. The second-order valence-electron chi connectivity index (χ2n) is 4.52. The fourth-order valence-electron chi connectivity index (χ4n) is 1.97. The van der Waals surface area contributed by atoms with Gasteiger partial charge in [-0.15, -0.1) is 0 Å². The Morgan fingerprint density at radius 2 is 1.81 bits per heavy atom. The van der Waals surface area contributed by atoms with Gasteiger partial charge in [0.1, 0.15) is 5.58 Å². The van der Waals surface area contributed by atoms with Gasteiger partial charge in [0.15, 0.2) is 5.76 Å². The van der Waals surface area contributed by atoms with Crippen molar-refractivity contribution < 1.29 is 9.21 Å². The lowest BCUT2D eigenvalue weighted by Gasteiger charge is -1.97. The molecule has 0 spiro atoms. The number of ketones is 1. The van der Waals surface area contributed by atoms with E-state index in [1.54, 1.807) is 30.3 Å². The molecule has 1 aromatic heterocycles. The molecule has 0 aliphatic carbocycles. The maximum absolute atomic E-state index is 12.1. The summed E-state index contributed by atoms with van der Waals surface area (Å²) in [5.41, 5.74) is 1.50. The quantitative estimate of drug-likeness (QED) is 0.462. The number of hydrogen-bond acceptors (Lipinski definition) is 2. The van der Waals surface area contributed by atoms with E-state index in [9.17, 15) is 4.79 Å². The van der Waals surface area contributed by atoms with Crippen LogP contribution in [-0.4, -0.2) is 5.78 Å². The fourth-order valence-corrected chi connectivity index (χ4v) is 2.28. The first-order valence-corrected chi connectivity index (χ1v) is 7.05. The summed E-state index contributed by atoms with van der Waals surface area (Å²) in [4.78, 5) is 12.1. The first-order valence-electron chi connectivity index (χ1n) is 6.29. The van der Waals surface area contributed by atoms with Crippen molar-refractivity contribution in [2.75, 3.05) is 0 Å². The van der Waals surface area contributed by atoms with Crippen molar-refractivity contribution in [3.8, 4) is 0 Å². The second kappa shape index (κ2) is 5.76. The molecular weight excluding hydrogens is 307 g/mol. The van der Waals surface area contributed by atoms with Crippen LogP contribution in [0.2, 0.25) is 10.0 Å². The van der Waals surface area contributed by atoms with Crippen molar-refractivity contribution >= 4 is 46.0 Å². The van der Waals surface area contributed by atoms with Gasteiger partial charge >= 0.3 is 0 Å². The Morgan fingerprint density at radius 3 is 2.57 bits per heavy atom. The Labute approximate surface area is 131 Å². The molecule has 4 heteroatoms. The molecule has 0 atom stereocenters. The highest BCUT2D eigenvalue weighted by Gasteiger charge is 2.09. The molecule has 0 N–H and O–H groups in total. The molecule has 1 heterocycles. The van der Waals surface area contributed by atoms with Gasteiger partial charge in [0.25, 0.3) is 0 Å². The zero-order chi connectivity index (χ0) is 14.8. The molecule has 3 rings (SSSR count). The number of fused-ring (bicyclic) bond motifs is 1. The number of benzene rings is 2. The molecule has 0 aliphatic rings. The lowest BCUT2D eigenvalue weighted by Crippen LogP contribution is -1.90. The van der Waals surface area contributed by atoms with Gasteiger partial charge in [-0.3, -0.25) is 4.79 Å². The summed E-state index contributed by atoms with van der Waals surface area (Å²) < 4.78 is 5.51. The zero-order valence-electron chi connectivity index (χ0n) is 10.8. The molecule has 0 fully saturated rings. The zero-order valence-corrected chi connectivity index (χ0v) is 12.4. The molecule has 0 bridgehead atoms. The van der Waals surface area contributed by atoms with Crippen LogP contribution in [0.3, 0.4) is 0 Å². The third kappa shape index (κ3) is 3.02. The topological polar surface area (TPSA) is 30.2 Å². The molecule has 21 heavy (non-hydrogen) atoms. The third-order valence-electron chi connectivity index (χ3n) is 3.04. The van der Waals surface area contributed by atoms with Crippen molar-refractivity contribution in [1.29, 1.82) is 0 Å². The van der Waals surface area contributed by atoms with Crippen LogP contribution in [0.15, 0.2) is 59.0 Å². The van der Waals surface area contributed by atoms with Gasteiger partial charge in [-0.25, -0.2) is 0 Å². The highest BCUT2D eigenvalue weighted by molar-refractivity contribution is 6.42. The van der Waals surface area contributed by atoms with Crippen LogP contribution in [0.5, 0.6) is 0 Å². The van der Waals surface area contributed by atoms with E-state index in [0.29, 0.717) is 21.4 Å². The predicted octanol–water partition coefficient (Wildman–Crippen LogP) is 5.64. The number of allylic oxidation sites excluding steroid dienone is 1. The minimum Gasteiger partial charge on any atom is -0.453 e. The van der Waals surface area contributed by atoms with E-state index in [0.717, 1.165) is 10.9 Å². The van der Waals surface area contributed by atoms with Crippen LogP contribution in [0.4, 0.5) is 0 Å². The Kier molecular flexibility index (Phi) is 3.82. The average Bonchev–Trinajstić information content (AvgIpc) is 2.92. The van der Waals surface area contributed by atoms with E-state index >= 15 is 0 Å². The molecule has 0 radical (unpaired) electrons. The van der Waals surface area contributed by atoms with Gasteiger partial charge in [-0.05, 0) is 35.9 Å². The van der Waals surface area contributed by atoms with Crippen LogP contribution in [0.25, 0.3) is 17.0 Å². The van der Waals surface area contributed by atoms with E-state index < -0.39 is 0 Å². The van der Waals surface area contributed by atoms with Gasteiger partial charge in [0, 0.05) is 5.39 Å². The summed E-state index contributed by atoms with van der Waals surface area (Å²) in [6.07, 6.45) is 3.13.